The van der Waals surface area contributed by atoms with Crippen LogP contribution in [0.1, 0.15) is 37.1 Å². The van der Waals surface area contributed by atoms with Gasteiger partial charge in [-0.2, -0.15) is 27.8 Å². The number of fused-ring (bicyclic) bond motifs is 1. The molecule has 2 heterocycles. The summed E-state index contributed by atoms with van der Waals surface area (Å²) in [5.41, 5.74) is -0.204. The van der Waals surface area contributed by atoms with Crippen molar-refractivity contribution in [1.82, 2.24) is 19.6 Å². The first-order valence-corrected chi connectivity index (χ1v) is 8.03. The normalized spacial score (nSPS) is 11.2. The molecule has 140 valence electrons. The van der Waals surface area contributed by atoms with Crippen LogP contribution in [0.5, 0.6) is 0 Å². The summed E-state index contributed by atoms with van der Waals surface area (Å²) in [6.07, 6.45) is -2.12. The molecule has 2 aromatic heterocycles. The molecule has 1 aromatic carbocycles. The fourth-order valence-corrected chi connectivity index (χ4v) is 2.15. The fourth-order valence-electron chi connectivity index (χ4n) is 2.15. The van der Waals surface area contributed by atoms with Crippen LogP contribution in [-0.2, 0) is 12.7 Å². The average Bonchev–Trinajstić information content (AvgIpc) is 3.00. The van der Waals surface area contributed by atoms with Gasteiger partial charge in [-0.25, -0.2) is 9.37 Å². The molecule has 0 unspecified atom stereocenters. The van der Waals surface area contributed by atoms with Crippen molar-refractivity contribution in [2.24, 2.45) is 0 Å². The summed E-state index contributed by atoms with van der Waals surface area (Å²) in [4.78, 5) is 8.13. The van der Waals surface area contributed by atoms with Gasteiger partial charge in [-0.15, -0.1) is 0 Å². The van der Waals surface area contributed by atoms with E-state index in [4.69, 9.17) is 0 Å². The van der Waals surface area contributed by atoms with E-state index in [-0.39, 0.29) is 6.54 Å². The average molecular weight is 369 g/mol. The summed E-state index contributed by atoms with van der Waals surface area (Å²) >= 11 is 0. The monoisotopic (exact) mass is 369 g/mol. The molecule has 0 saturated heterocycles. The van der Waals surface area contributed by atoms with E-state index < -0.39 is 17.6 Å². The van der Waals surface area contributed by atoms with E-state index in [9.17, 15) is 17.6 Å². The highest BCUT2D eigenvalue weighted by molar-refractivity contribution is 5.45. The Labute approximate surface area is 148 Å². The lowest BCUT2D eigenvalue weighted by atomic mass is 10.1. The number of rotatable bonds is 3. The maximum Gasteiger partial charge on any atom is 0.419 e. The summed E-state index contributed by atoms with van der Waals surface area (Å²) < 4.78 is 52.6. The van der Waals surface area contributed by atoms with Crippen LogP contribution in [-0.4, -0.2) is 19.6 Å². The second-order valence-electron chi connectivity index (χ2n) is 5.63. The van der Waals surface area contributed by atoms with Gasteiger partial charge >= 0.3 is 6.18 Å². The number of benzene rings is 1. The van der Waals surface area contributed by atoms with Crippen LogP contribution in [0.4, 0.5) is 23.4 Å². The molecule has 0 amide bonds. The molecule has 0 radical (unpaired) electrons. The van der Waals surface area contributed by atoms with Crippen molar-refractivity contribution < 1.29 is 17.6 Å². The van der Waals surface area contributed by atoms with E-state index in [1.807, 2.05) is 0 Å². The quantitative estimate of drug-likeness (QED) is 0.685. The summed E-state index contributed by atoms with van der Waals surface area (Å²) in [6, 6.07) is 4.53. The first kappa shape index (κ1) is 19.6. The van der Waals surface area contributed by atoms with Crippen LogP contribution in [0, 0.1) is 12.7 Å². The number of hydrogen-bond donors (Lipinski definition) is 1. The SMILES string of the molecule is CCC.Cc1cc(NCc2ccc(C(F)(F)F)c(F)c2)n2ncnc2n1. The van der Waals surface area contributed by atoms with Crippen molar-refractivity contribution >= 4 is 11.6 Å². The Hall–Kier alpha value is -2.71. The largest absolute Gasteiger partial charge is 0.419 e. The zero-order valence-electron chi connectivity index (χ0n) is 14.6. The minimum atomic E-state index is -4.70. The van der Waals surface area contributed by atoms with Crippen LogP contribution in [0.25, 0.3) is 5.78 Å². The van der Waals surface area contributed by atoms with Crippen LogP contribution >= 0.6 is 0 Å². The number of aryl methyl sites for hydroxylation is 1. The molecule has 3 rings (SSSR count). The molecule has 0 aliphatic carbocycles. The molecule has 3 aromatic rings. The minimum Gasteiger partial charge on any atom is -0.366 e. The Morgan fingerprint density at radius 3 is 2.46 bits per heavy atom. The Kier molecular flexibility index (Phi) is 6.12. The smallest absolute Gasteiger partial charge is 0.366 e. The van der Waals surface area contributed by atoms with Gasteiger partial charge in [0.05, 0.1) is 5.56 Å². The van der Waals surface area contributed by atoms with Gasteiger partial charge in [-0.05, 0) is 24.6 Å². The maximum absolute atomic E-state index is 13.6. The summed E-state index contributed by atoms with van der Waals surface area (Å²) in [5, 5.41) is 6.98. The van der Waals surface area contributed by atoms with Crippen LogP contribution in [0.2, 0.25) is 0 Å². The van der Waals surface area contributed by atoms with Crippen molar-refractivity contribution in [2.75, 3.05) is 5.32 Å². The third kappa shape index (κ3) is 4.68. The number of aromatic nitrogens is 4. The molecule has 26 heavy (non-hydrogen) atoms. The molecular weight excluding hydrogens is 350 g/mol. The lowest BCUT2D eigenvalue weighted by Crippen LogP contribution is -2.10. The van der Waals surface area contributed by atoms with E-state index in [0.29, 0.717) is 22.9 Å². The van der Waals surface area contributed by atoms with E-state index >= 15 is 0 Å². The molecular formula is C17H19F4N5. The Bertz CT molecular complexity index is 873. The third-order valence-electron chi connectivity index (χ3n) is 3.19. The Morgan fingerprint density at radius 1 is 1.15 bits per heavy atom. The van der Waals surface area contributed by atoms with Gasteiger partial charge in [0.2, 0.25) is 0 Å². The molecule has 0 bridgehead atoms. The first-order valence-electron chi connectivity index (χ1n) is 8.03. The van der Waals surface area contributed by atoms with Crippen molar-refractivity contribution in [1.29, 1.82) is 0 Å². The topological polar surface area (TPSA) is 55.1 Å². The second-order valence-corrected chi connectivity index (χ2v) is 5.63. The van der Waals surface area contributed by atoms with Gasteiger partial charge < -0.3 is 5.32 Å². The molecule has 0 spiro atoms. The maximum atomic E-state index is 13.6. The number of nitrogens with zero attached hydrogens (tertiary/aromatic N) is 4. The highest BCUT2D eigenvalue weighted by Gasteiger charge is 2.33. The number of halogens is 4. The highest BCUT2D eigenvalue weighted by atomic mass is 19.4. The fraction of sp³-hybridized carbons (Fsp3) is 0.353. The summed E-state index contributed by atoms with van der Waals surface area (Å²) in [7, 11) is 0. The molecule has 0 atom stereocenters. The minimum absolute atomic E-state index is 0.132. The standard InChI is InChI=1S/C14H11F4N5.C3H8/c1-8-4-12(23-13(22-8)20-7-21-23)19-6-9-2-3-10(11(15)5-9)14(16,17)18;1-3-2/h2-5,7,19H,6H2,1H3;3H2,1-2H3. The predicted octanol–water partition coefficient (Wildman–Crippen LogP) is 4.62. The third-order valence-corrected chi connectivity index (χ3v) is 3.19. The van der Waals surface area contributed by atoms with Crippen molar-refractivity contribution in [3.05, 3.63) is 53.2 Å². The van der Waals surface area contributed by atoms with Gasteiger partial charge in [0, 0.05) is 18.3 Å². The van der Waals surface area contributed by atoms with Gasteiger partial charge in [0.15, 0.2) is 0 Å². The van der Waals surface area contributed by atoms with E-state index in [0.717, 1.165) is 12.1 Å². The molecule has 5 nitrogen and oxygen atoms in total. The number of anilines is 1. The first-order chi connectivity index (χ1) is 12.3. The number of hydrogen-bond acceptors (Lipinski definition) is 4. The molecule has 0 fully saturated rings. The van der Waals surface area contributed by atoms with Crippen molar-refractivity contribution in [2.45, 2.75) is 39.9 Å². The predicted molar refractivity (Wildman–Crippen MR) is 90.2 cm³/mol. The van der Waals surface area contributed by atoms with E-state index in [1.54, 1.807) is 13.0 Å². The van der Waals surface area contributed by atoms with Gasteiger partial charge in [-0.3, -0.25) is 0 Å². The highest BCUT2D eigenvalue weighted by Crippen LogP contribution is 2.31. The van der Waals surface area contributed by atoms with E-state index in [1.165, 1.54) is 23.3 Å². The molecule has 0 saturated carbocycles. The van der Waals surface area contributed by atoms with Gasteiger partial charge in [-0.1, -0.05) is 26.3 Å². The molecule has 0 aliphatic heterocycles. The lowest BCUT2D eigenvalue weighted by molar-refractivity contribution is -0.140. The van der Waals surface area contributed by atoms with Crippen LogP contribution < -0.4 is 5.32 Å². The number of nitrogens with one attached hydrogen (secondary N) is 1. The second kappa shape index (κ2) is 8.11. The molecule has 0 aliphatic rings. The van der Waals surface area contributed by atoms with Gasteiger partial charge in [0.25, 0.3) is 5.78 Å². The van der Waals surface area contributed by atoms with Crippen molar-refractivity contribution in [3.8, 4) is 0 Å². The summed E-state index contributed by atoms with van der Waals surface area (Å²) in [6.45, 7) is 6.16. The Morgan fingerprint density at radius 2 is 1.85 bits per heavy atom. The molecule has 1 N–H and O–H groups in total. The zero-order chi connectivity index (χ0) is 19.3. The lowest BCUT2D eigenvalue weighted by Gasteiger charge is -2.11. The molecule has 9 heteroatoms. The van der Waals surface area contributed by atoms with Crippen LogP contribution in [0.15, 0.2) is 30.6 Å². The number of alkyl halides is 3. The zero-order valence-corrected chi connectivity index (χ0v) is 14.6. The van der Waals surface area contributed by atoms with Gasteiger partial charge in [0.1, 0.15) is 18.0 Å². The van der Waals surface area contributed by atoms with Crippen LogP contribution in [0.3, 0.4) is 0 Å². The van der Waals surface area contributed by atoms with Crippen molar-refractivity contribution in [3.63, 3.8) is 0 Å². The van der Waals surface area contributed by atoms with E-state index in [2.05, 4.69) is 34.2 Å². The Balaban J connectivity index is 0.000000758. The summed E-state index contributed by atoms with van der Waals surface area (Å²) in [5.74, 6) is -0.343.